The summed E-state index contributed by atoms with van der Waals surface area (Å²) in [5, 5.41) is 17.5. The van der Waals surface area contributed by atoms with Gasteiger partial charge in [0.25, 0.3) is 33.7 Å². The molecule has 0 unspecified atom stereocenters. The molecule has 8 saturated heterocycles. The number of hydrogen-bond donors (Lipinski definition) is 2. The quantitative estimate of drug-likeness (QED) is 0.271. The largest absolute Gasteiger partial charge is 0.388 e. The van der Waals surface area contributed by atoms with Crippen LogP contribution in [0, 0.1) is 6.92 Å². The molecule has 10 aliphatic rings. The zero-order valence-corrected chi connectivity index (χ0v) is 36.1. The van der Waals surface area contributed by atoms with E-state index >= 15 is 27.6 Å². The molecule has 8 fully saturated rings. The molecule has 4 amide bonds. The molecule has 13 nitrogen and oxygen atoms in total. The highest BCUT2D eigenvalue weighted by Gasteiger charge is 2.93. The molecule has 2 N–H and O–H groups in total. The molecule has 4 bridgehead atoms. The molecule has 0 radical (unpaired) electrons. The summed E-state index contributed by atoms with van der Waals surface area (Å²) >= 11 is 0. The SMILES string of the molecule is CC[C@@]12SS[C@]3(C(=O)N1C)[C@@H](O)[C@]1([C@@]45c6ccccc6N[C@@H]4N4C(=O)[C@]6(CC)SS[C@]4(C(=O)N6C)[C@H]5OS(=O)(=O)c4ccc(C)cc4)c4ccccc4C[C@@H]1N3C2=O. The van der Waals surface area contributed by atoms with Gasteiger partial charge in [-0.05, 0) is 82.7 Å². The molecule has 13 rings (SSSR count). The summed E-state index contributed by atoms with van der Waals surface area (Å²) in [5.74, 6) is -1.68. The first-order valence-electron chi connectivity index (χ1n) is 19.2. The smallest absolute Gasteiger partial charge is 0.297 e. The predicted molar refractivity (Wildman–Crippen MR) is 221 cm³/mol. The maximum Gasteiger partial charge on any atom is 0.297 e. The van der Waals surface area contributed by atoms with E-state index in [9.17, 15) is 5.11 Å². The molecule has 9 aliphatic heterocycles. The van der Waals surface area contributed by atoms with Gasteiger partial charge in [-0.1, -0.05) is 95.6 Å². The van der Waals surface area contributed by atoms with Crippen molar-refractivity contribution in [2.45, 2.75) is 99.7 Å². The molecule has 0 aromatic heterocycles. The van der Waals surface area contributed by atoms with Crippen LogP contribution in [0.25, 0.3) is 0 Å². The maximum atomic E-state index is 15.5. The van der Waals surface area contributed by atoms with Crippen LogP contribution in [0.1, 0.15) is 48.9 Å². The molecule has 302 valence electrons. The van der Waals surface area contributed by atoms with Gasteiger partial charge in [0.15, 0.2) is 9.74 Å². The monoisotopic (exact) mass is 877 g/mol. The maximum absolute atomic E-state index is 15.5. The number of nitrogens with one attached hydrogen (secondary N) is 1. The van der Waals surface area contributed by atoms with Crippen LogP contribution in [0.5, 0.6) is 0 Å². The topological polar surface area (TPSA) is 157 Å². The lowest BCUT2D eigenvalue weighted by Crippen LogP contribution is -2.78. The molecule has 10 atom stereocenters. The van der Waals surface area contributed by atoms with Crippen molar-refractivity contribution in [3.8, 4) is 0 Å². The Kier molecular flexibility index (Phi) is 7.45. The van der Waals surface area contributed by atoms with Gasteiger partial charge in [-0.15, -0.1) is 0 Å². The van der Waals surface area contributed by atoms with E-state index in [1.807, 2.05) is 63.2 Å². The Morgan fingerprint density at radius 1 is 0.741 bits per heavy atom. The van der Waals surface area contributed by atoms with Gasteiger partial charge >= 0.3 is 0 Å². The number of aliphatic hydroxyl groups is 1. The summed E-state index contributed by atoms with van der Waals surface area (Å²) in [7, 11) is 3.19. The van der Waals surface area contributed by atoms with E-state index in [0.717, 1.165) is 21.9 Å². The molecule has 3 aromatic rings. The van der Waals surface area contributed by atoms with Crippen LogP contribution in [0.2, 0.25) is 0 Å². The van der Waals surface area contributed by atoms with Gasteiger partial charge in [0, 0.05) is 19.8 Å². The number of fused-ring (bicyclic) bond motifs is 11. The second kappa shape index (κ2) is 11.5. The third-order valence-corrected chi connectivity index (χ3v) is 23.4. The summed E-state index contributed by atoms with van der Waals surface area (Å²) in [6.07, 6.45) is -3.81. The lowest BCUT2D eigenvalue weighted by atomic mass is 9.51. The first-order valence-corrected chi connectivity index (χ1v) is 25.0. The molecule has 18 heteroatoms. The highest BCUT2D eigenvalue weighted by atomic mass is 33.1. The Hall–Kier alpha value is -3.39. The lowest BCUT2D eigenvalue weighted by molar-refractivity contribution is -0.168. The van der Waals surface area contributed by atoms with E-state index < -0.39 is 82.6 Å². The number of anilines is 1. The van der Waals surface area contributed by atoms with Crippen molar-refractivity contribution in [3.05, 3.63) is 95.1 Å². The molecular formula is C40H39N5O8S5. The second-order valence-electron chi connectivity index (χ2n) is 16.4. The Morgan fingerprint density at radius 2 is 1.31 bits per heavy atom. The molecule has 58 heavy (non-hydrogen) atoms. The van der Waals surface area contributed by atoms with Gasteiger partial charge in [0.1, 0.15) is 18.4 Å². The van der Waals surface area contributed by atoms with Gasteiger partial charge < -0.3 is 25.1 Å². The number of benzene rings is 3. The molecule has 3 aromatic carbocycles. The molecule has 1 aliphatic carbocycles. The minimum Gasteiger partial charge on any atom is -0.388 e. The highest BCUT2D eigenvalue weighted by molar-refractivity contribution is 8.78. The normalized spacial score (nSPS) is 40.1. The number of para-hydroxylation sites is 1. The van der Waals surface area contributed by atoms with Crippen molar-refractivity contribution in [1.82, 2.24) is 19.6 Å². The lowest BCUT2D eigenvalue weighted by Gasteiger charge is -2.59. The van der Waals surface area contributed by atoms with Crippen molar-refractivity contribution in [1.29, 1.82) is 0 Å². The van der Waals surface area contributed by atoms with Crippen molar-refractivity contribution in [3.63, 3.8) is 0 Å². The van der Waals surface area contributed by atoms with Crippen LogP contribution in [0.4, 0.5) is 5.69 Å². The number of amides is 4. The van der Waals surface area contributed by atoms with Crippen LogP contribution >= 0.6 is 43.2 Å². The Balaban J connectivity index is 1.29. The van der Waals surface area contributed by atoms with E-state index in [-0.39, 0.29) is 23.6 Å². The fraction of sp³-hybridized carbons (Fsp3) is 0.450. The van der Waals surface area contributed by atoms with Crippen LogP contribution < -0.4 is 5.32 Å². The number of hydrogen-bond acceptors (Lipinski definition) is 13. The number of carbonyl (C=O) groups is 4. The minimum absolute atomic E-state index is 0.149. The summed E-state index contributed by atoms with van der Waals surface area (Å²) in [6, 6.07) is 20.1. The second-order valence-corrected chi connectivity index (χ2v) is 23.3. The Morgan fingerprint density at radius 3 is 1.97 bits per heavy atom. The van der Waals surface area contributed by atoms with Gasteiger partial charge in [-0.25, -0.2) is 0 Å². The Bertz CT molecular complexity index is 2550. The minimum atomic E-state index is -4.75. The molecular weight excluding hydrogens is 839 g/mol. The summed E-state index contributed by atoms with van der Waals surface area (Å²) in [4.78, 5) is 60.9. The van der Waals surface area contributed by atoms with E-state index in [2.05, 4.69) is 5.32 Å². The van der Waals surface area contributed by atoms with Gasteiger partial charge in [-0.2, -0.15) is 8.42 Å². The number of piperazine rings is 2. The van der Waals surface area contributed by atoms with Crippen LogP contribution in [-0.2, 0) is 50.7 Å². The Labute approximate surface area is 351 Å². The van der Waals surface area contributed by atoms with E-state index in [1.54, 1.807) is 37.2 Å². The third kappa shape index (κ3) is 3.63. The van der Waals surface area contributed by atoms with E-state index in [4.69, 9.17) is 4.18 Å². The van der Waals surface area contributed by atoms with Crippen molar-refractivity contribution in [2.75, 3.05) is 19.4 Å². The van der Waals surface area contributed by atoms with Gasteiger partial charge in [-0.3, -0.25) is 28.3 Å². The summed E-state index contributed by atoms with van der Waals surface area (Å²) in [5.41, 5.74) is -0.290. The van der Waals surface area contributed by atoms with Crippen molar-refractivity contribution < 1.29 is 36.9 Å². The van der Waals surface area contributed by atoms with Crippen molar-refractivity contribution >= 4 is 82.6 Å². The average molecular weight is 878 g/mol. The first kappa shape index (κ1) is 37.6. The average Bonchev–Trinajstić information content (AvgIpc) is 3.88. The molecule has 9 heterocycles. The fourth-order valence-electron chi connectivity index (χ4n) is 12.0. The zero-order chi connectivity index (χ0) is 40.7. The van der Waals surface area contributed by atoms with Crippen molar-refractivity contribution in [2.24, 2.45) is 0 Å². The number of aliphatic hydroxyl groups excluding tert-OH is 1. The fourth-order valence-corrected chi connectivity index (χ4v) is 21.1. The number of rotatable bonds is 6. The van der Waals surface area contributed by atoms with Crippen LogP contribution in [0.3, 0.4) is 0 Å². The van der Waals surface area contributed by atoms with E-state index in [0.29, 0.717) is 23.2 Å². The summed E-state index contributed by atoms with van der Waals surface area (Å²) < 4.78 is 36.8. The number of aryl methyl sites for hydroxylation is 1. The van der Waals surface area contributed by atoms with E-state index in [1.165, 1.54) is 59.2 Å². The third-order valence-electron chi connectivity index (χ3n) is 14.6. The molecule has 0 saturated carbocycles. The molecule has 2 spiro atoms. The van der Waals surface area contributed by atoms with Crippen LogP contribution in [0.15, 0.2) is 77.7 Å². The summed E-state index contributed by atoms with van der Waals surface area (Å²) in [6.45, 7) is 5.54. The predicted octanol–water partition coefficient (Wildman–Crippen LogP) is 4.01. The van der Waals surface area contributed by atoms with Crippen LogP contribution in [-0.4, -0.2) is 115 Å². The number of likely N-dealkylation sites (N-methyl/N-ethyl adjacent to an activating group) is 2. The highest BCUT2D eigenvalue weighted by Crippen LogP contribution is 2.79. The first-order chi connectivity index (χ1) is 27.6. The standard InChI is InChI=1S/C40H39N5O8S5/c1-6-35-31(47)44-27-20-22-12-8-9-13-24(22)37(27,28(46)39(44,56-54-35)33(49)42(35)4)38-25-14-10-11-15-26(25)41-30(38)45-32(48)36(7-2)43(5)34(50)40(45,57-55-36)29(38)53-58(51,52)23-18-16-21(3)17-19-23/h8-19,27-30,41,46H,6-7,20H2,1-5H3/t27-,28-,29-,30+,35-,36-,37-,38+,39-,40-/m0/s1. The number of carbonyl (C=O) groups excluding carboxylic acids is 4. The van der Waals surface area contributed by atoms with Gasteiger partial charge in [0.05, 0.1) is 21.8 Å². The number of nitrogens with zero attached hydrogens (tertiary/aromatic N) is 4. The zero-order valence-electron chi connectivity index (χ0n) is 32.0. The van der Waals surface area contributed by atoms with Gasteiger partial charge in [0.2, 0.25) is 9.74 Å².